The van der Waals surface area contributed by atoms with E-state index in [9.17, 15) is 4.79 Å². The van der Waals surface area contributed by atoms with Gasteiger partial charge in [0.05, 0.1) is 6.61 Å². The molecule has 0 amide bonds. The molecule has 0 radical (unpaired) electrons. The topological polar surface area (TPSA) is 54.0 Å². The first-order valence-electron chi connectivity index (χ1n) is 13.7. The maximum atomic E-state index is 13.8. The van der Waals surface area contributed by atoms with Crippen LogP contribution in [-0.2, 0) is 29.0 Å². The zero-order valence-electron chi connectivity index (χ0n) is 24.3. The number of hydrogen-bond donors (Lipinski definition) is 0. The summed E-state index contributed by atoms with van der Waals surface area (Å²) in [5.41, 5.74) is 1.84. The summed E-state index contributed by atoms with van der Waals surface area (Å²) in [5.74, 6) is -1.06. The number of Topliss-reactive ketones (excluding diaryl/α,β-unsaturated/α-hetero) is 1. The fourth-order valence-electron chi connectivity index (χ4n) is 4.77. The highest BCUT2D eigenvalue weighted by molar-refractivity contribution is 6.74. The van der Waals surface area contributed by atoms with Gasteiger partial charge in [-0.05, 0) is 48.7 Å². The van der Waals surface area contributed by atoms with Crippen molar-refractivity contribution in [2.45, 2.75) is 76.3 Å². The minimum absolute atomic E-state index is 0.0469. The number of ether oxygens (including phenoxy) is 3. The van der Waals surface area contributed by atoms with E-state index in [1.165, 1.54) is 0 Å². The summed E-state index contributed by atoms with van der Waals surface area (Å²) in [6, 6.07) is 30.1. The quantitative estimate of drug-likeness (QED) is 0.200. The van der Waals surface area contributed by atoms with Crippen LogP contribution in [0.2, 0.25) is 18.1 Å². The molecule has 39 heavy (non-hydrogen) atoms. The Hall–Kier alpha value is -2.61. The Kier molecular flexibility index (Phi) is 8.64. The molecule has 1 aliphatic heterocycles. The molecule has 0 N–H and O–H groups in total. The zero-order chi connectivity index (χ0) is 28.3. The second-order valence-electron chi connectivity index (χ2n) is 12.2. The Morgan fingerprint density at radius 1 is 0.795 bits per heavy atom. The predicted molar refractivity (Wildman–Crippen MR) is 157 cm³/mol. The molecule has 0 unspecified atom stereocenters. The van der Waals surface area contributed by atoms with E-state index < -0.39 is 31.9 Å². The lowest BCUT2D eigenvalue weighted by molar-refractivity contribution is -0.159. The molecule has 0 spiro atoms. The van der Waals surface area contributed by atoms with Gasteiger partial charge in [0, 0.05) is 0 Å². The number of carbonyl (C=O) groups excluding carboxylic acids is 1. The lowest BCUT2D eigenvalue weighted by atomic mass is 9.80. The predicted octanol–water partition coefficient (Wildman–Crippen LogP) is 7.11. The average molecular weight is 547 g/mol. The molecule has 1 aliphatic rings. The van der Waals surface area contributed by atoms with Crippen LogP contribution in [0.15, 0.2) is 91.0 Å². The van der Waals surface area contributed by atoms with Crippen molar-refractivity contribution >= 4 is 14.1 Å². The summed E-state index contributed by atoms with van der Waals surface area (Å²) >= 11 is 0. The molecule has 1 heterocycles. The van der Waals surface area contributed by atoms with Gasteiger partial charge in [0.1, 0.15) is 24.4 Å². The van der Waals surface area contributed by atoms with Gasteiger partial charge < -0.3 is 18.6 Å². The molecule has 1 fully saturated rings. The van der Waals surface area contributed by atoms with E-state index in [0.29, 0.717) is 6.61 Å². The summed E-state index contributed by atoms with van der Waals surface area (Å²) in [7, 11) is -2.04. The van der Waals surface area contributed by atoms with E-state index in [2.05, 4.69) is 33.9 Å². The first kappa shape index (κ1) is 29.4. The first-order chi connectivity index (χ1) is 18.4. The number of hydrogen-bond acceptors (Lipinski definition) is 5. The second-order valence-corrected chi connectivity index (χ2v) is 17.0. The molecule has 0 aliphatic carbocycles. The van der Waals surface area contributed by atoms with Crippen molar-refractivity contribution < 1.29 is 23.4 Å². The van der Waals surface area contributed by atoms with Gasteiger partial charge in [0.2, 0.25) is 0 Å². The minimum Gasteiger partial charge on any atom is -0.414 e. The van der Waals surface area contributed by atoms with Crippen LogP contribution in [0.1, 0.15) is 51.3 Å². The summed E-state index contributed by atoms with van der Waals surface area (Å²) < 4.78 is 25.5. The normalized spacial score (nSPS) is 19.7. The molecule has 208 valence electrons. The fourth-order valence-corrected chi connectivity index (χ4v) is 5.78. The minimum atomic E-state index is -2.04. The summed E-state index contributed by atoms with van der Waals surface area (Å²) in [4.78, 5) is 13.8. The van der Waals surface area contributed by atoms with Crippen LogP contribution < -0.4 is 0 Å². The molecule has 3 aromatic carbocycles. The number of carbonyl (C=O) groups is 1. The summed E-state index contributed by atoms with van der Waals surface area (Å²) in [6.07, 6.45) is -1.30. The third kappa shape index (κ3) is 6.42. The molecular weight excluding hydrogens is 504 g/mol. The van der Waals surface area contributed by atoms with Crippen molar-refractivity contribution in [3.8, 4) is 0 Å². The van der Waals surface area contributed by atoms with E-state index in [0.717, 1.165) is 16.7 Å². The average Bonchev–Trinajstić information content (AvgIpc) is 3.23. The molecular formula is C33H42O5Si. The Bertz CT molecular complexity index is 1120. The van der Waals surface area contributed by atoms with Gasteiger partial charge in [-0.2, -0.15) is 0 Å². The first-order valence-corrected chi connectivity index (χ1v) is 16.6. The molecule has 4 rings (SSSR count). The van der Waals surface area contributed by atoms with Crippen LogP contribution in [0.5, 0.6) is 0 Å². The van der Waals surface area contributed by atoms with Gasteiger partial charge in [-0.15, -0.1) is 0 Å². The number of benzene rings is 3. The van der Waals surface area contributed by atoms with E-state index >= 15 is 0 Å². The second kappa shape index (κ2) is 11.5. The van der Waals surface area contributed by atoms with Gasteiger partial charge in [-0.25, -0.2) is 0 Å². The van der Waals surface area contributed by atoms with Gasteiger partial charge in [0.25, 0.3) is 0 Å². The van der Waals surface area contributed by atoms with Crippen molar-refractivity contribution in [2.24, 2.45) is 0 Å². The maximum Gasteiger partial charge on any atom is 0.192 e. The van der Waals surface area contributed by atoms with E-state index in [1.54, 1.807) is 0 Å². The molecule has 5 nitrogen and oxygen atoms in total. The smallest absolute Gasteiger partial charge is 0.192 e. The van der Waals surface area contributed by atoms with Gasteiger partial charge in [0.15, 0.2) is 19.9 Å². The SMILES string of the molecule is CC1(C)O[C@@H](CO[Si](C)(C)C(C)(C)C)[C@@H](C(=O)COC(c2ccccc2)(c2ccccc2)c2ccccc2)O1. The summed E-state index contributed by atoms with van der Waals surface area (Å²) in [6.45, 7) is 14.8. The van der Waals surface area contributed by atoms with Crippen LogP contribution in [-0.4, -0.2) is 45.3 Å². The van der Waals surface area contributed by atoms with Crippen molar-refractivity contribution in [2.75, 3.05) is 13.2 Å². The van der Waals surface area contributed by atoms with Gasteiger partial charge >= 0.3 is 0 Å². The molecule has 0 aromatic heterocycles. The molecule has 2 atom stereocenters. The van der Waals surface area contributed by atoms with E-state index in [1.807, 2.05) is 105 Å². The highest BCUT2D eigenvalue weighted by Crippen LogP contribution is 2.41. The molecule has 1 saturated heterocycles. The van der Waals surface area contributed by atoms with Crippen molar-refractivity contribution in [1.29, 1.82) is 0 Å². The Balaban J connectivity index is 1.65. The standard InChI is InChI=1S/C33H42O5Si/c1-31(2,3)39(6,7)36-24-29-30(38-32(4,5)37-29)28(34)23-35-33(25-17-11-8-12-18-25,26-19-13-9-14-20-26)27-21-15-10-16-22-27/h8-22,29-30H,23-24H2,1-7H3/t29-,30+/m0/s1. The Morgan fingerprint density at radius 3 is 1.64 bits per heavy atom. The largest absolute Gasteiger partial charge is 0.414 e. The third-order valence-electron chi connectivity index (χ3n) is 7.89. The monoisotopic (exact) mass is 546 g/mol. The lowest BCUT2D eigenvalue weighted by Gasteiger charge is -2.37. The maximum absolute atomic E-state index is 13.8. The number of rotatable bonds is 10. The fraction of sp³-hybridized carbons (Fsp3) is 0.424. The molecule has 0 bridgehead atoms. The molecule has 3 aromatic rings. The van der Waals surface area contributed by atoms with Crippen LogP contribution in [0.25, 0.3) is 0 Å². The third-order valence-corrected chi connectivity index (χ3v) is 12.4. The van der Waals surface area contributed by atoms with E-state index in [4.69, 9.17) is 18.6 Å². The molecule has 0 saturated carbocycles. The Morgan fingerprint density at radius 2 is 1.23 bits per heavy atom. The van der Waals surface area contributed by atoms with Crippen LogP contribution in [0, 0.1) is 0 Å². The van der Waals surface area contributed by atoms with Crippen molar-refractivity contribution in [1.82, 2.24) is 0 Å². The summed E-state index contributed by atoms with van der Waals surface area (Å²) in [5, 5.41) is 0.0469. The van der Waals surface area contributed by atoms with Crippen LogP contribution >= 0.6 is 0 Å². The van der Waals surface area contributed by atoms with Crippen LogP contribution in [0.3, 0.4) is 0 Å². The van der Waals surface area contributed by atoms with Gasteiger partial charge in [-0.1, -0.05) is 112 Å². The van der Waals surface area contributed by atoms with Crippen molar-refractivity contribution in [3.05, 3.63) is 108 Å². The molecule has 6 heteroatoms. The zero-order valence-corrected chi connectivity index (χ0v) is 25.3. The lowest BCUT2D eigenvalue weighted by Crippen LogP contribution is -2.46. The highest BCUT2D eigenvalue weighted by Gasteiger charge is 2.48. The van der Waals surface area contributed by atoms with Crippen LogP contribution in [0.4, 0.5) is 0 Å². The van der Waals surface area contributed by atoms with Gasteiger partial charge in [-0.3, -0.25) is 4.79 Å². The Labute approximate surface area is 234 Å². The highest BCUT2D eigenvalue weighted by atomic mass is 28.4. The van der Waals surface area contributed by atoms with E-state index in [-0.39, 0.29) is 17.4 Å². The van der Waals surface area contributed by atoms with Crippen molar-refractivity contribution in [3.63, 3.8) is 0 Å². The number of ketones is 1.